The molecule has 3 aromatic rings. The summed E-state index contributed by atoms with van der Waals surface area (Å²) in [6, 6.07) is 5.17. The molecule has 1 aromatic carbocycles. The number of carbonyl (C=O) groups is 3. The predicted molar refractivity (Wildman–Crippen MR) is 122 cm³/mol. The van der Waals surface area contributed by atoms with E-state index in [9.17, 15) is 29.6 Å². The molecule has 180 valence electrons. The van der Waals surface area contributed by atoms with E-state index in [2.05, 4.69) is 4.98 Å². The number of non-ortho nitro benzene ring substituents is 1. The van der Waals surface area contributed by atoms with Gasteiger partial charge < -0.3 is 20.5 Å². The number of aliphatic hydroxyl groups is 1. The number of nitro groups is 1. The van der Waals surface area contributed by atoms with Gasteiger partial charge in [-0.15, -0.1) is 11.3 Å². The van der Waals surface area contributed by atoms with Gasteiger partial charge in [-0.2, -0.15) is 0 Å². The number of rotatable bonds is 7. The smallest absolute Gasteiger partial charge is 0.355 e. The summed E-state index contributed by atoms with van der Waals surface area (Å²) >= 11 is 1.23. The maximum absolute atomic E-state index is 13.2. The molecule has 13 heteroatoms. The van der Waals surface area contributed by atoms with E-state index in [1.807, 2.05) is 0 Å². The fourth-order valence-corrected chi connectivity index (χ4v) is 5.60. The molecule has 1 fully saturated rings. The van der Waals surface area contributed by atoms with Crippen molar-refractivity contribution in [1.82, 2.24) is 14.3 Å². The molecule has 4 heterocycles. The molecule has 2 amide bonds. The van der Waals surface area contributed by atoms with Gasteiger partial charge in [0, 0.05) is 23.1 Å². The van der Waals surface area contributed by atoms with Crippen LogP contribution in [0.1, 0.15) is 35.1 Å². The zero-order chi connectivity index (χ0) is 25.0. The highest BCUT2D eigenvalue weighted by Gasteiger charge is 2.57. The number of carbonyl (C=O) groups excluding carboxylic acids is 3. The Morgan fingerprint density at radius 2 is 2.09 bits per heavy atom. The fraction of sp³-hybridized carbons (Fsp3) is 0.273. The summed E-state index contributed by atoms with van der Waals surface area (Å²) in [6.07, 6.45) is 0.842. The third-order valence-electron chi connectivity index (χ3n) is 6.25. The van der Waals surface area contributed by atoms with Gasteiger partial charge in [-0.1, -0.05) is 0 Å². The van der Waals surface area contributed by atoms with Gasteiger partial charge in [-0.05, 0) is 31.0 Å². The van der Waals surface area contributed by atoms with Crippen LogP contribution in [0, 0.1) is 16.0 Å². The van der Waals surface area contributed by atoms with Crippen LogP contribution in [0.2, 0.25) is 0 Å². The van der Waals surface area contributed by atoms with Gasteiger partial charge in [0.25, 0.3) is 11.6 Å². The molecule has 3 atom stereocenters. The van der Waals surface area contributed by atoms with Crippen LogP contribution >= 0.6 is 11.3 Å². The maximum atomic E-state index is 13.2. The highest BCUT2D eigenvalue weighted by Crippen LogP contribution is 2.48. The fourth-order valence-electron chi connectivity index (χ4n) is 4.59. The number of imidazole rings is 1. The molecule has 0 saturated carbocycles. The zero-order valence-electron chi connectivity index (χ0n) is 18.3. The van der Waals surface area contributed by atoms with E-state index in [1.165, 1.54) is 53.8 Å². The summed E-state index contributed by atoms with van der Waals surface area (Å²) in [5.74, 6) is -2.45. The van der Waals surface area contributed by atoms with Gasteiger partial charge in [0.2, 0.25) is 5.91 Å². The Labute approximate surface area is 201 Å². The standard InChI is InChI=1S/C22H19N5O7S/c1-10(28)16-14-6-13(15-8-35-21-17(19(23)29)24-9-25(15)21)18(26(14)20(16)30)22(31)34-7-11-2-4-12(5-3-11)27(32)33/h2-5,8-10,14,16,28H,6-7H2,1H3,(H2,23,29)/t10-,14-,16-/m1/s1. The number of nitrogens with two attached hydrogens (primary N) is 1. The minimum atomic E-state index is -0.891. The van der Waals surface area contributed by atoms with Crippen LogP contribution in [-0.4, -0.2) is 54.2 Å². The first-order valence-electron chi connectivity index (χ1n) is 10.6. The summed E-state index contributed by atoms with van der Waals surface area (Å²) in [7, 11) is 0. The summed E-state index contributed by atoms with van der Waals surface area (Å²) in [6.45, 7) is 1.37. The lowest BCUT2D eigenvalue weighted by molar-refractivity contribution is -0.384. The van der Waals surface area contributed by atoms with Crippen LogP contribution in [-0.2, 0) is 20.9 Å². The molecule has 0 unspecified atom stereocenters. The van der Waals surface area contributed by atoms with Gasteiger partial charge in [-0.3, -0.25) is 24.1 Å². The number of aliphatic hydroxyl groups excluding tert-OH is 1. The molecular weight excluding hydrogens is 478 g/mol. The number of β-lactam (4-membered cyclic amide) rings is 1. The lowest BCUT2D eigenvalue weighted by atomic mass is 9.83. The molecule has 2 aliphatic rings. The van der Waals surface area contributed by atoms with Crippen molar-refractivity contribution in [2.45, 2.75) is 32.1 Å². The van der Waals surface area contributed by atoms with Crippen molar-refractivity contribution < 1.29 is 29.2 Å². The number of primary amides is 1. The summed E-state index contributed by atoms with van der Waals surface area (Å²) in [5, 5.41) is 22.7. The highest BCUT2D eigenvalue weighted by molar-refractivity contribution is 7.16. The van der Waals surface area contributed by atoms with E-state index < -0.39 is 34.9 Å². The van der Waals surface area contributed by atoms with Gasteiger partial charge in [-0.25, -0.2) is 9.78 Å². The van der Waals surface area contributed by atoms with Gasteiger partial charge >= 0.3 is 5.97 Å². The number of hydrogen-bond acceptors (Lipinski definition) is 9. The second-order valence-electron chi connectivity index (χ2n) is 8.33. The lowest BCUT2D eigenvalue weighted by Gasteiger charge is -2.44. The van der Waals surface area contributed by atoms with E-state index in [-0.39, 0.29) is 29.6 Å². The molecule has 0 spiro atoms. The molecule has 2 aliphatic heterocycles. The van der Waals surface area contributed by atoms with Gasteiger partial charge in [0.15, 0.2) is 5.69 Å². The Morgan fingerprint density at radius 1 is 1.37 bits per heavy atom. The highest BCUT2D eigenvalue weighted by atomic mass is 32.1. The number of benzene rings is 1. The van der Waals surface area contributed by atoms with Gasteiger partial charge in [0.05, 0.1) is 28.7 Å². The molecule has 35 heavy (non-hydrogen) atoms. The van der Waals surface area contributed by atoms with Crippen LogP contribution in [0.5, 0.6) is 0 Å². The van der Waals surface area contributed by atoms with Gasteiger partial charge in [0.1, 0.15) is 23.5 Å². The van der Waals surface area contributed by atoms with Crippen molar-refractivity contribution in [2.75, 3.05) is 0 Å². The van der Waals surface area contributed by atoms with Crippen molar-refractivity contribution in [3.05, 3.63) is 68.7 Å². The number of thiazole rings is 1. The number of ether oxygens (including phenoxy) is 1. The molecule has 1 saturated heterocycles. The third-order valence-corrected chi connectivity index (χ3v) is 7.20. The minimum Gasteiger partial charge on any atom is -0.456 e. The number of nitrogens with zero attached hydrogens (tertiary/aromatic N) is 4. The van der Waals surface area contributed by atoms with Crippen molar-refractivity contribution in [1.29, 1.82) is 0 Å². The first-order chi connectivity index (χ1) is 16.7. The topological polar surface area (TPSA) is 170 Å². The van der Waals surface area contributed by atoms with Crippen molar-refractivity contribution in [3.63, 3.8) is 0 Å². The normalized spacial score (nSPS) is 20.1. The van der Waals surface area contributed by atoms with E-state index in [4.69, 9.17) is 10.5 Å². The molecular formula is C22H19N5O7S. The number of fused-ring (bicyclic) bond motifs is 2. The number of aromatic nitrogens is 2. The quantitative estimate of drug-likeness (QED) is 0.214. The Kier molecular flexibility index (Phi) is 5.37. The number of amides is 2. The van der Waals surface area contributed by atoms with E-state index in [0.717, 1.165) is 0 Å². The molecule has 0 bridgehead atoms. The second kappa shape index (κ2) is 8.29. The molecule has 2 aromatic heterocycles. The van der Waals surface area contributed by atoms with Crippen LogP contribution < -0.4 is 5.73 Å². The summed E-state index contributed by atoms with van der Waals surface area (Å²) in [5.41, 5.74) is 7.11. The van der Waals surface area contributed by atoms with Crippen LogP contribution in [0.25, 0.3) is 10.4 Å². The first-order valence-corrected chi connectivity index (χ1v) is 11.5. The van der Waals surface area contributed by atoms with Crippen molar-refractivity contribution in [2.24, 2.45) is 11.7 Å². The van der Waals surface area contributed by atoms with Crippen LogP contribution in [0.4, 0.5) is 5.69 Å². The number of hydrogen-bond donors (Lipinski definition) is 2. The zero-order valence-corrected chi connectivity index (χ0v) is 19.1. The minimum absolute atomic E-state index is 0.0628. The molecule has 3 N–H and O–H groups in total. The van der Waals surface area contributed by atoms with E-state index in [0.29, 0.717) is 28.1 Å². The van der Waals surface area contributed by atoms with E-state index in [1.54, 1.807) is 9.78 Å². The predicted octanol–water partition coefficient (Wildman–Crippen LogP) is 1.47. The maximum Gasteiger partial charge on any atom is 0.355 e. The number of esters is 1. The Bertz CT molecular complexity index is 1420. The lowest BCUT2D eigenvalue weighted by Crippen LogP contribution is -2.61. The monoisotopic (exact) mass is 497 g/mol. The third kappa shape index (κ3) is 3.56. The number of nitro benzene ring substituents is 1. The van der Waals surface area contributed by atoms with E-state index >= 15 is 0 Å². The molecule has 12 nitrogen and oxygen atoms in total. The summed E-state index contributed by atoms with van der Waals surface area (Å²) < 4.78 is 7.11. The SMILES string of the molecule is C[C@@H](O)[C@H]1C(=O)N2C(C(=O)OCc3ccc([N+](=O)[O-])cc3)=C(c3csc4c(C(N)=O)ncn34)C[C@H]12. The summed E-state index contributed by atoms with van der Waals surface area (Å²) in [4.78, 5) is 54.0. The second-order valence-corrected chi connectivity index (χ2v) is 9.18. The average Bonchev–Trinajstić information content (AvgIpc) is 3.49. The average molecular weight is 497 g/mol. The van der Waals surface area contributed by atoms with Crippen molar-refractivity contribution in [3.8, 4) is 0 Å². The first kappa shape index (κ1) is 22.7. The van der Waals surface area contributed by atoms with Crippen LogP contribution in [0.15, 0.2) is 41.7 Å². The Morgan fingerprint density at radius 3 is 2.71 bits per heavy atom. The molecule has 5 rings (SSSR count). The largest absolute Gasteiger partial charge is 0.456 e. The molecule has 0 radical (unpaired) electrons. The van der Waals surface area contributed by atoms with Crippen molar-refractivity contribution >= 4 is 45.2 Å². The molecule has 0 aliphatic carbocycles. The van der Waals surface area contributed by atoms with Crippen LogP contribution in [0.3, 0.4) is 0 Å². The Hall–Kier alpha value is -4.10. The Balaban J connectivity index is 1.49.